The number of nitrogens with one attached hydrogen (secondary N) is 2. The van der Waals surface area contributed by atoms with E-state index in [1.807, 2.05) is 7.05 Å². The lowest BCUT2D eigenvalue weighted by Crippen LogP contribution is -2.43. The van der Waals surface area contributed by atoms with Crippen molar-refractivity contribution < 1.29 is 0 Å². The minimum absolute atomic E-state index is 0.482. The van der Waals surface area contributed by atoms with Crippen LogP contribution < -0.4 is 10.6 Å². The molecule has 1 fully saturated rings. The van der Waals surface area contributed by atoms with E-state index in [0.717, 1.165) is 19.6 Å². The maximum absolute atomic E-state index is 3.65. The zero-order chi connectivity index (χ0) is 12.2. The molecule has 0 radical (unpaired) electrons. The Morgan fingerprint density at radius 2 is 2.12 bits per heavy atom. The molecule has 1 heterocycles. The Morgan fingerprint density at radius 3 is 2.56 bits per heavy atom. The fourth-order valence-electron chi connectivity index (χ4n) is 2.46. The van der Waals surface area contributed by atoms with E-state index in [-0.39, 0.29) is 0 Å². The molecular formula is C13H29N3. The van der Waals surface area contributed by atoms with Crippen LogP contribution in [-0.2, 0) is 0 Å². The van der Waals surface area contributed by atoms with Crippen LogP contribution in [-0.4, -0.2) is 50.2 Å². The molecule has 3 heteroatoms. The normalized spacial score (nSPS) is 24.6. The molecule has 0 aromatic carbocycles. The van der Waals surface area contributed by atoms with Crippen molar-refractivity contribution in [1.29, 1.82) is 0 Å². The molecule has 0 spiro atoms. The fourth-order valence-corrected chi connectivity index (χ4v) is 2.46. The fraction of sp³-hybridized carbons (Fsp3) is 1.00. The van der Waals surface area contributed by atoms with Gasteiger partial charge in [-0.1, -0.05) is 13.8 Å². The average Bonchev–Trinajstić information content (AvgIpc) is 2.52. The molecule has 2 N–H and O–H groups in total. The molecule has 1 atom stereocenters. The third-order valence-electron chi connectivity index (χ3n) is 3.50. The van der Waals surface area contributed by atoms with E-state index >= 15 is 0 Å². The van der Waals surface area contributed by atoms with Crippen LogP contribution in [0.25, 0.3) is 0 Å². The summed E-state index contributed by atoms with van der Waals surface area (Å²) in [4.78, 5) is 2.57. The standard InChI is InChI=1S/C13H29N3/c1-11(2)16(7-6-14-5)9-12-8-13(3,4)10-15-12/h11-12,14-15H,6-10H2,1-5H3. The molecule has 1 aliphatic heterocycles. The van der Waals surface area contributed by atoms with Gasteiger partial charge in [0.15, 0.2) is 0 Å². The summed E-state index contributed by atoms with van der Waals surface area (Å²) in [5.41, 5.74) is 0.482. The van der Waals surface area contributed by atoms with Crippen LogP contribution in [0.2, 0.25) is 0 Å². The van der Waals surface area contributed by atoms with Crippen molar-refractivity contribution in [3.05, 3.63) is 0 Å². The number of rotatable bonds is 6. The monoisotopic (exact) mass is 227 g/mol. The van der Waals surface area contributed by atoms with E-state index in [0.29, 0.717) is 17.5 Å². The summed E-state index contributed by atoms with van der Waals surface area (Å²) >= 11 is 0. The molecule has 0 bridgehead atoms. The van der Waals surface area contributed by atoms with Gasteiger partial charge < -0.3 is 10.6 Å². The van der Waals surface area contributed by atoms with Gasteiger partial charge in [0.25, 0.3) is 0 Å². The molecule has 0 aliphatic carbocycles. The predicted molar refractivity (Wildman–Crippen MR) is 70.8 cm³/mol. The lowest BCUT2D eigenvalue weighted by atomic mass is 9.90. The van der Waals surface area contributed by atoms with Crippen LogP contribution in [0.5, 0.6) is 0 Å². The zero-order valence-corrected chi connectivity index (χ0v) is 11.6. The molecule has 1 rings (SSSR count). The lowest BCUT2D eigenvalue weighted by molar-refractivity contribution is 0.201. The third kappa shape index (κ3) is 4.40. The predicted octanol–water partition coefficient (Wildman–Crippen LogP) is 1.30. The summed E-state index contributed by atoms with van der Waals surface area (Å²) in [5.74, 6) is 0. The largest absolute Gasteiger partial charge is 0.318 e. The van der Waals surface area contributed by atoms with E-state index in [9.17, 15) is 0 Å². The highest BCUT2D eigenvalue weighted by Crippen LogP contribution is 2.27. The maximum Gasteiger partial charge on any atom is 0.0200 e. The summed E-state index contributed by atoms with van der Waals surface area (Å²) in [6, 6.07) is 1.31. The Kier molecular flexibility index (Phi) is 5.22. The van der Waals surface area contributed by atoms with Crippen LogP contribution in [0.1, 0.15) is 34.1 Å². The van der Waals surface area contributed by atoms with Crippen molar-refractivity contribution in [2.75, 3.05) is 33.2 Å². The van der Waals surface area contributed by atoms with E-state index < -0.39 is 0 Å². The second kappa shape index (κ2) is 5.99. The minimum atomic E-state index is 0.482. The first kappa shape index (κ1) is 13.9. The van der Waals surface area contributed by atoms with Crippen molar-refractivity contribution in [2.24, 2.45) is 5.41 Å². The van der Waals surface area contributed by atoms with Gasteiger partial charge in [0.2, 0.25) is 0 Å². The zero-order valence-electron chi connectivity index (χ0n) is 11.6. The van der Waals surface area contributed by atoms with Crippen molar-refractivity contribution in [3.63, 3.8) is 0 Å². The molecule has 1 unspecified atom stereocenters. The summed E-state index contributed by atoms with van der Waals surface area (Å²) in [6.07, 6.45) is 1.30. The molecule has 3 nitrogen and oxygen atoms in total. The number of likely N-dealkylation sites (N-methyl/N-ethyl adjacent to an activating group) is 1. The van der Waals surface area contributed by atoms with E-state index in [1.54, 1.807) is 0 Å². The summed E-state index contributed by atoms with van der Waals surface area (Å²) in [7, 11) is 2.02. The van der Waals surface area contributed by atoms with Crippen molar-refractivity contribution in [3.8, 4) is 0 Å². The van der Waals surface area contributed by atoms with E-state index in [4.69, 9.17) is 0 Å². The van der Waals surface area contributed by atoms with Gasteiger partial charge in [-0.3, -0.25) is 4.90 Å². The Balaban J connectivity index is 2.37. The lowest BCUT2D eigenvalue weighted by Gasteiger charge is -2.29. The highest BCUT2D eigenvalue weighted by atomic mass is 15.2. The maximum atomic E-state index is 3.65. The van der Waals surface area contributed by atoms with Gasteiger partial charge in [0, 0.05) is 38.3 Å². The first-order valence-electron chi connectivity index (χ1n) is 6.56. The second-order valence-corrected chi connectivity index (χ2v) is 6.14. The van der Waals surface area contributed by atoms with Crippen LogP contribution in [0, 0.1) is 5.41 Å². The third-order valence-corrected chi connectivity index (χ3v) is 3.50. The van der Waals surface area contributed by atoms with Gasteiger partial charge in [0.05, 0.1) is 0 Å². The van der Waals surface area contributed by atoms with Crippen molar-refractivity contribution in [2.45, 2.75) is 46.2 Å². The Hall–Kier alpha value is -0.120. The van der Waals surface area contributed by atoms with Gasteiger partial charge in [-0.2, -0.15) is 0 Å². The van der Waals surface area contributed by atoms with Crippen LogP contribution in [0.4, 0.5) is 0 Å². The Bertz CT molecular complexity index is 201. The smallest absolute Gasteiger partial charge is 0.0200 e. The molecule has 0 amide bonds. The Morgan fingerprint density at radius 1 is 1.44 bits per heavy atom. The average molecular weight is 227 g/mol. The minimum Gasteiger partial charge on any atom is -0.318 e. The first-order chi connectivity index (χ1) is 7.44. The summed E-state index contributed by atoms with van der Waals surface area (Å²) in [6.45, 7) is 13.9. The molecule has 1 aliphatic rings. The summed E-state index contributed by atoms with van der Waals surface area (Å²) < 4.78 is 0. The molecular weight excluding hydrogens is 198 g/mol. The van der Waals surface area contributed by atoms with Crippen LogP contribution in [0.15, 0.2) is 0 Å². The number of hydrogen-bond acceptors (Lipinski definition) is 3. The molecule has 0 aromatic heterocycles. The molecule has 16 heavy (non-hydrogen) atoms. The van der Waals surface area contributed by atoms with Crippen LogP contribution in [0.3, 0.4) is 0 Å². The highest BCUT2D eigenvalue weighted by Gasteiger charge is 2.31. The SMILES string of the molecule is CNCCN(CC1CC(C)(C)CN1)C(C)C. The van der Waals surface area contributed by atoms with Crippen LogP contribution >= 0.6 is 0 Å². The quantitative estimate of drug-likeness (QED) is 0.716. The number of hydrogen-bond donors (Lipinski definition) is 2. The van der Waals surface area contributed by atoms with E-state index in [1.165, 1.54) is 13.0 Å². The topological polar surface area (TPSA) is 27.3 Å². The van der Waals surface area contributed by atoms with Crippen molar-refractivity contribution in [1.82, 2.24) is 15.5 Å². The van der Waals surface area contributed by atoms with Gasteiger partial charge >= 0.3 is 0 Å². The van der Waals surface area contributed by atoms with Gasteiger partial charge in [-0.15, -0.1) is 0 Å². The first-order valence-corrected chi connectivity index (χ1v) is 6.56. The summed E-state index contributed by atoms with van der Waals surface area (Å²) in [5, 5.41) is 6.88. The van der Waals surface area contributed by atoms with Gasteiger partial charge in [-0.05, 0) is 32.7 Å². The number of nitrogens with zero attached hydrogens (tertiary/aromatic N) is 1. The second-order valence-electron chi connectivity index (χ2n) is 6.14. The molecule has 96 valence electrons. The van der Waals surface area contributed by atoms with Crippen molar-refractivity contribution >= 4 is 0 Å². The highest BCUT2D eigenvalue weighted by molar-refractivity contribution is 4.89. The van der Waals surface area contributed by atoms with Gasteiger partial charge in [0.1, 0.15) is 0 Å². The Labute approximate surface area is 101 Å². The molecule has 0 aromatic rings. The molecule has 1 saturated heterocycles. The van der Waals surface area contributed by atoms with E-state index in [2.05, 4.69) is 43.2 Å². The van der Waals surface area contributed by atoms with Gasteiger partial charge in [-0.25, -0.2) is 0 Å². The molecule has 0 saturated carbocycles.